The predicted molar refractivity (Wildman–Crippen MR) is 101 cm³/mol. The first-order valence-electron chi connectivity index (χ1n) is 8.37. The van der Waals surface area contributed by atoms with Gasteiger partial charge in [-0.15, -0.1) is 11.3 Å². The summed E-state index contributed by atoms with van der Waals surface area (Å²) < 4.78 is 5.72. The summed E-state index contributed by atoms with van der Waals surface area (Å²) in [6, 6.07) is 3.80. The number of primary amides is 1. The highest BCUT2D eigenvalue weighted by atomic mass is 32.1. The maximum atomic E-state index is 11.8. The first-order valence-corrected chi connectivity index (χ1v) is 9.18. The van der Waals surface area contributed by atoms with E-state index in [2.05, 4.69) is 20.8 Å². The summed E-state index contributed by atoms with van der Waals surface area (Å²) in [6.45, 7) is 6.75. The molecule has 3 aromatic rings. The Morgan fingerprint density at radius 2 is 2.20 bits per heavy atom. The summed E-state index contributed by atoms with van der Waals surface area (Å²) >= 11 is 1.27. The molecule has 0 saturated heterocycles. The van der Waals surface area contributed by atoms with Crippen LogP contribution in [0, 0.1) is 5.41 Å². The smallest absolute Gasteiger partial charge is 0.260 e. The van der Waals surface area contributed by atoms with Gasteiger partial charge >= 0.3 is 0 Å². The van der Waals surface area contributed by atoms with Gasteiger partial charge in [0.15, 0.2) is 0 Å². The van der Waals surface area contributed by atoms with Gasteiger partial charge in [0.2, 0.25) is 0 Å². The highest BCUT2D eigenvalue weighted by molar-refractivity contribution is 7.21. The average Bonchev–Trinajstić information content (AvgIpc) is 3.12. The molecule has 0 aromatic carbocycles. The molecule has 25 heavy (non-hydrogen) atoms. The van der Waals surface area contributed by atoms with Crippen LogP contribution in [0.3, 0.4) is 0 Å². The Morgan fingerprint density at radius 1 is 1.44 bits per heavy atom. The van der Waals surface area contributed by atoms with E-state index in [9.17, 15) is 4.79 Å². The van der Waals surface area contributed by atoms with Gasteiger partial charge in [-0.1, -0.05) is 20.8 Å². The first-order chi connectivity index (χ1) is 11.8. The van der Waals surface area contributed by atoms with Crippen molar-refractivity contribution in [3.8, 4) is 11.3 Å². The largest absolute Gasteiger partial charge is 0.464 e. The van der Waals surface area contributed by atoms with Crippen molar-refractivity contribution in [3.63, 3.8) is 0 Å². The third-order valence-corrected chi connectivity index (χ3v) is 6.10. The number of carbonyl (C=O) groups is 1. The standard InChI is InChI=1S/C19H21N3O2S/c1-9-7-19(2,3)8-10-12(9)13(11-5-4-6-24-11)14-15(20)16(17(21)23)25-18(14)22-10/h4-6,9H,7-8,20H2,1-3H3,(H2,21,23). The Labute approximate surface area is 150 Å². The van der Waals surface area contributed by atoms with Crippen molar-refractivity contribution in [2.24, 2.45) is 11.1 Å². The predicted octanol–water partition coefficient (Wildman–Crippen LogP) is 4.31. The SMILES string of the molecule is CC1CC(C)(C)Cc2nc3sc(C(N)=O)c(N)c3c(-c3ccco3)c21. The zero-order valence-electron chi connectivity index (χ0n) is 14.6. The topological polar surface area (TPSA) is 95.1 Å². The lowest BCUT2D eigenvalue weighted by molar-refractivity contribution is 0.100. The number of fused-ring (bicyclic) bond motifs is 2. The number of rotatable bonds is 2. The van der Waals surface area contributed by atoms with E-state index in [-0.39, 0.29) is 5.41 Å². The van der Waals surface area contributed by atoms with Crippen LogP contribution in [0.4, 0.5) is 5.69 Å². The molecular formula is C19H21N3O2S. The summed E-state index contributed by atoms with van der Waals surface area (Å²) in [5.41, 5.74) is 15.6. The van der Waals surface area contributed by atoms with E-state index in [1.165, 1.54) is 16.9 Å². The fourth-order valence-corrected chi connectivity index (χ4v) is 5.17. The van der Waals surface area contributed by atoms with E-state index in [0.717, 1.165) is 40.1 Å². The van der Waals surface area contributed by atoms with Crippen molar-refractivity contribution in [1.29, 1.82) is 0 Å². The Bertz CT molecular complexity index is 986. The molecule has 4 rings (SSSR count). The van der Waals surface area contributed by atoms with Crippen molar-refractivity contribution < 1.29 is 9.21 Å². The van der Waals surface area contributed by atoms with Crippen LogP contribution in [0.5, 0.6) is 0 Å². The number of nitrogens with two attached hydrogens (primary N) is 2. The molecule has 4 N–H and O–H groups in total. The molecule has 0 radical (unpaired) electrons. The summed E-state index contributed by atoms with van der Waals surface area (Å²) in [5, 5.41) is 0.791. The number of pyridine rings is 1. The number of hydrogen-bond donors (Lipinski definition) is 2. The van der Waals surface area contributed by atoms with Crippen LogP contribution in [-0.4, -0.2) is 10.9 Å². The molecule has 1 atom stereocenters. The summed E-state index contributed by atoms with van der Waals surface area (Å²) in [5.74, 6) is 0.569. The van der Waals surface area contributed by atoms with Gasteiger partial charge in [0.05, 0.1) is 12.0 Å². The second-order valence-electron chi connectivity index (χ2n) is 7.66. The van der Waals surface area contributed by atoms with Crippen molar-refractivity contribution >= 4 is 33.1 Å². The number of nitrogen functional groups attached to an aromatic ring is 1. The van der Waals surface area contributed by atoms with Crippen LogP contribution in [0.2, 0.25) is 0 Å². The molecule has 1 aliphatic carbocycles. The molecule has 0 saturated carbocycles. The fourth-order valence-electron chi connectivity index (χ4n) is 4.20. The van der Waals surface area contributed by atoms with E-state index in [4.69, 9.17) is 20.9 Å². The number of thiophene rings is 1. The van der Waals surface area contributed by atoms with Gasteiger partial charge in [0, 0.05) is 16.6 Å². The fraction of sp³-hybridized carbons (Fsp3) is 0.368. The molecule has 3 aromatic heterocycles. The number of nitrogens with zero attached hydrogens (tertiary/aromatic N) is 1. The van der Waals surface area contributed by atoms with Gasteiger partial charge in [0.25, 0.3) is 5.91 Å². The number of hydrogen-bond acceptors (Lipinski definition) is 5. The van der Waals surface area contributed by atoms with Crippen molar-refractivity contribution in [2.75, 3.05) is 5.73 Å². The van der Waals surface area contributed by atoms with E-state index in [1.54, 1.807) is 6.26 Å². The second kappa shape index (κ2) is 5.33. The molecule has 1 unspecified atom stereocenters. The third kappa shape index (κ3) is 2.43. The number of amides is 1. The lowest BCUT2D eigenvalue weighted by Gasteiger charge is -2.36. The Balaban J connectivity index is 2.13. The Hall–Kier alpha value is -2.34. The van der Waals surface area contributed by atoms with E-state index in [0.29, 0.717) is 16.5 Å². The molecule has 0 aliphatic heterocycles. The lowest BCUT2D eigenvalue weighted by atomic mass is 9.70. The maximum Gasteiger partial charge on any atom is 0.260 e. The molecule has 0 spiro atoms. The van der Waals surface area contributed by atoms with Gasteiger partial charge < -0.3 is 15.9 Å². The molecule has 6 heteroatoms. The van der Waals surface area contributed by atoms with Crippen LogP contribution >= 0.6 is 11.3 Å². The average molecular weight is 355 g/mol. The molecule has 0 bridgehead atoms. The highest BCUT2D eigenvalue weighted by Gasteiger charge is 2.35. The van der Waals surface area contributed by atoms with Crippen molar-refractivity contribution in [2.45, 2.75) is 39.5 Å². The van der Waals surface area contributed by atoms with Gasteiger partial charge in [-0.2, -0.15) is 0 Å². The normalized spacial score (nSPS) is 19.1. The van der Waals surface area contributed by atoms with Crippen molar-refractivity contribution in [3.05, 3.63) is 34.5 Å². The zero-order chi connectivity index (χ0) is 17.9. The quantitative estimate of drug-likeness (QED) is 0.716. The highest BCUT2D eigenvalue weighted by Crippen LogP contribution is 2.49. The maximum absolute atomic E-state index is 11.8. The number of aromatic nitrogens is 1. The minimum absolute atomic E-state index is 0.183. The van der Waals surface area contributed by atoms with Crippen LogP contribution in [0.1, 0.15) is 54.0 Å². The van der Waals surface area contributed by atoms with E-state index in [1.807, 2.05) is 12.1 Å². The number of carbonyl (C=O) groups excluding carboxylic acids is 1. The minimum atomic E-state index is -0.516. The summed E-state index contributed by atoms with van der Waals surface area (Å²) in [7, 11) is 0. The molecule has 3 heterocycles. The van der Waals surface area contributed by atoms with Gasteiger partial charge in [-0.3, -0.25) is 4.79 Å². The van der Waals surface area contributed by atoms with Crippen LogP contribution in [0.15, 0.2) is 22.8 Å². The minimum Gasteiger partial charge on any atom is -0.464 e. The summed E-state index contributed by atoms with van der Waals surface area (Å²) in [6.07, 6.45) is 3.61. The first kappa shape index (κ1) is 16.1. The van der Waals surface area contributed by atoms with Crippen molar-refractivity contribution in [1.82, 2.24) is 4.98 Å². The monoisotopic (exact) mass is 355 g/mol. The molecule has 0 fully saturated rings. The van der Waals surface area contributed by atoms with Gasteiger partial charge in [-0.05, 0) is 41.9 Å². The number of anilines is 1. The van der Waals surface area contributed by atoms with Gasteiger partial charge in [-0.25, -0.2) is 4.98 Å². The number of furan rings is 1. The molecular weight excluding hydrogens is 334 g/mol. The van der Waals surface area contributed by atoms with Crippen LogP contribution in [-0.2, 0) is 6.42 Å². The Morgan fingerprint density at radius 3 is 2.84 bits per heavy atom. The van der Waals surface area contributed by atoms with Gasteiger partial charge in [0.1, 0.15) is 15.5 Å². The van der Waals surface area contributed by atoms with Crippen LogP contribution in [0.25, 0.3) is 21.5 Å². The van der Waals surface area contributed by atoms with E-state index >= 15 is 0 Å². The molecule has 130 valence electrons. The lowest BCUT2D eigenvalue weighted by Crippen LogP contribution is -2.26. The molecule has 5 nitrogen and oxygen atoms in total. The molecule has 1 aliphatic rings. The second-order valence-corrected chi connectivity index (χ2v) is 8.66. The Kier molecular flexibility index (Phi) is 3.44. The zero-order valence-corrected chi connectivity index (χ0v) is 15.4. The van der Waals surface area contributed by atoms with E-state index < -0.39 is 5.91 Å². The van der Waals surface area contributed by atoms with Crippen LogP contribution < -0.4 is 11.5 Å². The molecule has 1 amide bonds. The summed E-state index contributed by atoms with van der Waals surface area (Å²) in [4.78, 5) is 17.8. The third-order valence-electron chi connectivity index (χ3n) is 4.98.